The van der Waals surface area contributed by atoms with E-state index in [4.69, 9.17) is 4.99 Å². The molecule has 0 bridgehead atoms. The van der Waals surface area contributed by atoms with Crippen molar-refractivity contribution in [1.29, 1.82) is 0 Å². The third kappa shape index (κ3) is 3.29. The highest BCUT2D eigenvalue weighted by Crippen LogP contribution is 2.37. The first-order valence-electron chi connectivity index (χ1n) is 9.95. The van der Waals surface area contributed by atoms with Crippen LogP contribution in [0, 0.1) is 5.92 Å². The summed E-state index contributed by atoms with van der Waals surface area (Å²) >= 11 is 0. The van der Waals surface area contributed by atoms with E-state index in [1.165, 1.54) is 0 Å². The summed E-state index contributed by atoms with van der Waals surface area (Å²) in [7, 11) is 0. The normalized spacial score (nSPS) is 18.1. The van der Waals surface area contributed by atoms with Gasteiger partial charge in [0.2, 0.25) is 11.8 Å². The molecule has 5 heteroatoms. The Labute approximate surface area is 169 Å². The first-order chi connectivity index (χ1) is 14.2. The van der Waals surface area contributed by atoms with Gasteiger partial charge in [0.05, 0.1) is 17.3 Å². The summed E-state index contributed by atoms with van der Waals surface area (Å²) in [5.41, 5.74) is 3.13. The van der Waals surface area contributed by atoms with Crippen LogP contribution in [-0.2, 0) is 9.59 Å². The number of nitrogens with zero attached hydrogens (tertiary/aromatic N) is 2. The average Bonchev–Trinajstić information content (AvgIpc) is 3.16. The number of hydrogen-bond acceptors (Lipinski definition) is 3. The van der Waals surface area contributed by atoms with E-state index >= 15 is 0 Å². The molecule has 1 unspecified atom stereocenters. The van der Waals surface area contributed by atoms with Crippen molar-refractivity contribution in [2.24, 2.45) is 10.9 Å². The number of benzene rings is 3. The van der Waals surface area contributed by atoms with Crippen LogP contribution in [0.5, 0.6) is 0 Å². The molecule has 0 saturated heterocycles. The van der Waals surface area contributed by atoms with Crippen LogP contribution in [0.3, 0.4) is 0 Å². The molecule has 5 rings (SSSR count). The summed E-state index contributed by atoms with van der Waals surface area (Å²) in [6, 6.07) is 21.4. The lowest BCUT2D eigenvalue weighted by molar-refractivity contribution is -0.122. The molecule has 0 spiro atoms. The summed E-state index contributed by atoms with van der Waals surface area (Å²) < 4.78 is 0. The molecule has 5 nitrogen and oxygen atoms in total. The second-order valence-corrected chi connectivity index (χ2v) is 7.57. The molecule has 1 saturated carbocycles. The van der Waals surface area contributed by atoms with Crippen molar-refractivity contribution in [2.45, 2.75) is 19.3 Å². The largest absolute Gasteiger partial charge is 0.325 e. The second-order valence-electron chi connectivity index (χ2n) is 7.57. The molecule has 2 amide bonds. The molecular weight excluding hydrogens is 362 g/mol. The Balaban J connectivity index is 1.41. The Bertz CT molecular complexity index is 1150. The molecule has 1 heterocycles. The molecule has 1 aliphatic carbocycles. The van der Waals surface area contributed by atoms with E-state index in [0.29, 0.717) is 5.69 Å². The fraction of sp³-hybridized carbons (Fsp3) is 0.208. The summed E-state index contributed by atoms with van der Waals surface area (Å²) in [5, 5.41) is 5.12. The van der Waals surface area contributed by atoms with Crippen molar-refractivity contribution in [3.8, 4) is 0 Å². The van der Waals surface area contributed by atoms with Crippen molar-refractivity contribution < 1.29 is 9.59 Å². The smallest absolute Gasteiger partial charge is 0.244 e. The molecule has 3 aromatic rings. The van der Waals surface area contributed by atoms with Gasteiger partial charge in [-0.2, -0.15) is 0 Å². The molecule has 0 aromatic heterocycles. The topological polar surface area (TPSA) is 61.8 Å². The predicted octanol–water partition coefficient (Wildman–Crippen LogP) is 4.70. The predicted molar refractivity (Wildman–Crippen MR) is 116 cm³/mol. The highest BCUT2D eigenvalue weighted by molar-refractivity contribution is 6.16. The molecular formula is C24H21N3O2. The van der Waals surface area contributed by atoms with E-state index in [1.807, 2.05) is 66.7 Å². The SMILES string of the molecule is O=C(CN1C(=O)C2CCCC2=Nc2ccccc21)Nc1ccc2ccccc2c1. The average molecular weight is 383 g/mol. The first-order valence-corrected chi connectivity index (χ1v) is 9.95. The molecule has 1 aliphatic heterocycles. The molecule has 2 aliphatic rings. The Kier molecular flexibility index (Phi) is 4.35. The van der Waals surface area contributed by atoms with Gasteiger partial charge in [0.25, 0.3) is 0 Å². The zero-order chi connectivity index (χ0) is 19.8. The van der Waals surface area contributed by atoms with Crippen molar-refractivity contribution >= 4 is 45.4 Å². The first kappa shape index (κ1) is 17.6. The van der Waals surface area contributed by atoms with E-state index in [2.05, 4.69) is 5.32 Å². The molecule has 3 aromatic carbocycles. The number of nitrogens with one attached hydrogen (secondary N) is 1. The lowest BCUT2D eigenvalue weighted by Crippen LogP contribution is -2.41. The van der Waals surface area contributed by atoms with Crippen molar-refractivity contribution in [1.82, 2.24) is 0 Å². The fourth-order valence-electron chi connectivity index (χ4n) is 4.25. The number of anilines is 2. The molecule has 1 N–H and O–H groups in total. The monoisotopic (exact) mass is 383 g/mol. The number of carbonyl (C=O) groups excluding carboxylic acids is 2. The van der Waals surface area contributed by atoms with Crippen LogP contribution in [-0.4, -0.2) is 24.1 Å². The number of rotatable bonds is 3. The Morgan fingerprint density at radius 2 is 1.83 bits per heavy atom. The molecule has 29 heavy (non-hydrogen) atoms. The summed E-state index contributed by atoms with van der Waals surface area (Å²) in [6.45, 7) is -0.0258. The summed E-state index contributed by atoms with van der Waals surface area (Å²) in [4.78, 5) is 32.4. The number of hydrogen-bond donors (Lipinski definition) is 1. The number of para-hydroxylation sites is 2. The maximum absolute atomic E-state index is 13.2. The number of carbonyl (C=O) groups is 2. The molecule has 144 valence electrons. The molecule has 1 fully saturated rings. The van der Waals surface area contributed by atoms with Crippen LogP contribution < -0.4 is 10.2 Å². The van der Waals surface area contributed by atoms with Gasteiger partial charge in [0.1, 0.15) is 6.54 Å². The zero-order valence-electron chi connectivity index (χ0n) is 16.0. The lowest BCUT2D eigenvalue weighted by Gasteiger charge is -2.24. The Morgan fingerprint density at radius 1 is 1.03 bits per heavy atom. The van der Waals surface area contributed by atoms with Crippen LogP contribution in [0.15, 0.2) is 71.7 Å². The minimum Gasteiger partial charge on any atom is -0.325 e. The van der Waals surface area contributed by atoms with E-state index in [1.54, 1.807) is 4.90 Å². The maximum atomic E-state index is 13.2. The van der Waals surface area contributed by atoms with Gasteiger partial charge in [-0.15, -0.1) is 0 Å². The van der Waals surface area contributed by atoms with Gasteiger partial charge in [-0.1, -0.05) is 42.5 Å². The van der Waals surface area contributed by atoms with E-state index in [9.17, 15) is 9.59 Å². The zero-order valence-corrected chi connectivity index (χ0v) is 16.0. The minimum absolute atomic E-state index is 0.0258. The van der Waals surface area contributed by atoms with Gasteiger partial charge in [0, 0.05) is 11.4 Å². The van der Waals surface area contributed by atoms with Crippen LogP contribution in [0.25, 0.3) is 10.8 Å². The van der Waals surface area contributed by atoms with Gasteiger partial charge >= 0.3 is 0 Å². The number of fused-ring (bicyclic) bond motifs is 3. The van der Waals surface area contributed by atoms with Crippen molar-refractivity contribution in [2.75, 3.05) is 16.8 Å². The second kappa shape index (κ2) is 7.17. The molecule has 0 radical (unpaired) electrons. The number of aliphatic imine (C=N–C) groups is 1. The Hall–Kier alpha value is -3.47. The van der Waals surface area contributed by atoms with Crippen molar-refractivity contribution in [3.05, 3.63) is 66.7 Å². The molecule has 1 atom stereocenters. The highest BCUT2D eigenvalue weighted by atomic mass is 16.2. The minimum atomic E-state index is -0.218. The van der Waals surface area contributed by atoms with E-state index in [-0.39, 0.29) is 24.3 Å². The Morgan fingerprint density at radius 3 is 2.72 bits per heavy atom. The fourth-order valence-corrected chi connectivity index (χ4v) is 4.25. The van der Waals surface area contributed by atoms with Gasteiger partial charge < -0.3 is 10.2 Å². The van der Waals surface area contributed by atoms with Crippen LogP contribution in [0.2, 0.25) is 0 Å². The quantitative estimate of drug-likeness (QED) is 0.713. The van der Waals surface area contributed by atoms with Crippen LogP contribution in [0.4, 0.5) is 17.1 Å². The number of amides is 2. The highest BCUT2D eigenvalue weighted by Gasteiger charge is 2.37. The van der Waals surface area contributed by atoms with Gasteiger partial charge in [0.15, 0.2) is 0 Å². The van der Waals surface area contributed by atoms with Crippen molar-refractivity contribution in [3.63, 3.8) is 0 Å². The maximum Gasteiger partial charge on any atom is 0.244 e. The van der Waals surface area contributed by atoms with Crippen LogP contribution >= 0.6 is 0 Å². The van der Waals surface area contributed by atoms with E-state index < -0.39 is 0 Å². The third-order valence-corrected chi connectivity index (χ3v) is 5.66. The standard InChI is InChI=1S/C24H21N3O2/c28-23(25-18-13-12-16-6-1-2-7-17(16)14-18)15-27-22-11-4-3-9-21(22)26-20-10-5-8-19(20)24(27)29/h1-4,6-7,9,11-14,19H,5,8,10,15H2,(H,25,28). The van der Waals surface area contributed by atoms with Gasteiger partial charge in [-0.3, -0.25) is 14.6 Å². The third-order valence-electron chi connectivity index (χ3n) is 5.66. The lowest BCUT2D eigenvalue weighted by atomic mass is 10.1. The van der Waals surface area contributed by atoms with Gasteiger partial charge in [-0.05, 0) is 54.3 Å². The van der Waals surface area contributed by atoms with Gasteiger partial charge in [-0.25, -0.2) is 0 Å². The van der Waals surface area contributed by atoms with E-state index in [0.717, 1.165) is 47.1 Å². The summed E-state index contributed by atoms with van der Waals surface area (Å²) in [6.07, 6.45) is 2.62. The summed E-state index contributed by atoms with van der Waals surface area (Å²) in [5.74, 6) is -0.458. The van der Waals surface area contributed by atoms with Crippen LogP contribution in [0.1, 0.15) is 19.3 Å².